The van der Waals surface area contributed by atoms with Gasteiger partial charge in [-0.25, -0.2) is 4.98 Å². The number of rotatable bonds is 5. The second kappa shape index (κ2) is 9.57. The molecule has 0 N–H and O–H groups in total. The van der Waals surface area contributed by atoms with E-state index >= 15 is 0 Å². The maximum Gasteiger partial charge on any atom is 0.282 e. The number of aryl methyl sites for hydroxylation is 2. The largest absolute Gasteiger partial charge is 0.487 e. The molecule has 0 amide bonds. The molecule has 0 atom stereocenters. The lowest BCUT2D eigenvalue weighted by Crippen LogP contribution is -2.20. The van der Waals surface area contributed by atoms with Crippen LogP contribution >= 0.6 is 43.5 Å². The van der Waals surface area contributed by atoms with Gasteiger partial charge in [0.1, 0.15) is 18.2 Å². The van der Waals surface area contributed by atoms with Gasteiger partial charge >= 0.3 is 0 Å². The van der Waals surface area contributed by atoms with Gasteiger partial charge in [0.15, 0.2) is 0 Å². The molecule has 0 aliphatic heterocycles. The van der Waals surface area contributed by atoms with Crippen LogP contribution in [0, 0.1) is 13.8 Å². The minimum Gasteiger partial charge on any atom is -0.487 e. The third-order valence-corrected chi connectivity index (χ3v) is 6.09. The summed E-state index contributed by atoms with van der Waals surface area (Å²) in [6.07, 6.45) is 1.56. The van der Waals surface area contributed by atoms with Crippen LogP contribution in [0.25, 0.3) is 10.9 Å². The van der Waals surface area contributed by atoms with Crippen LogP contribution in [0.3, 0.4) is 0 Å². The summed E-state index contributed by atoms with van der Waals surface area (Å²) in [5.41, 5.74) is 3.21. The van der Waals surface area contributed by atoms with Crippen LogP contribution in [0.5, 0.6) is 5.75 Å². The van der Waals surface area contributed by atoms with Crippen molar-refractivity contribution in [2.24, 2.45) is 5.10 Å². The van der Waals surface area contributed by atoms with Crippen molar-refractivity contribution < 1.29 is 4.74 Å². The third-order valence-electron chi connectivity index (χ3n) is 4.79. The van der Waals surface area contributed by atoms with E-state index in [-0.39, 0.29) is 5.56 Å². The molecule has 1 aromatic heterocycles. The van der Waals surface area contributed by atoms with E-state index in [2.05, 4.69) is 48.0 Å². The number of ether oxygens (including phenoxy) is 1. The predicted octanol–water partition coefficient (Wildman–Crippen LogP) is 6.65. The van der Waals surface area contributed by atoms with Gasteiger partial charge in [0.05, 0.1) is 21.6 Å². The van der Waals surface area contributed by atoms with Crippen LogP contribution in [0.4, 0.5) is 0 Å². The van der Waals surface area contributed by atoms with Gasteiger partial charge in [-0.05, 0) is 65.7 Å². The number of aromatic nitrogens is 2. The molecule has 3 aromatic carbocycles. The molecule has 0 spiro atoms. The molecule has 0 aliphatic carbocycles. The number of fused-ring (bicyclic) bond motifs is 1. The average molecular weight is 576 g/mol. The highest BCUT2D eigenvalue weighted by molar-refractivity contribution is 9.10. The number of halogens is 3. The fourth-order valence-electron chi connectivity index (χ4n) is 3.30. The van der Waals surface area contributed by atoms with Crippen molar-refractivity contribution in [1.29, 1.82) is 0 Å². The summed E-state index contributed by atoms with van der Waals surface area (Å²) in [7, 11) is 0. The zero-order valence-electron chi connectivity index (χ0n) is 17.3. The summed E-state index contributed by atoms with van der Waals surface area (Å²) in [5, 5.41) is 5.41. The Kier molecular flexibility index (Phi) is 6.79. The molecule has 4 aromatic rings. The minimum absolute atomic E-state index is 0.256. The van der Waals surface area contributed by atoms with Gasteiger partial charge in [-0.2, -0.15) is 9.78 Å². The van der Waals surface area contributed by atoms with E-state index in [0.29, 0.717) is 44.1 Å². The normalized spacial score (nSPS) is 11.4. The monoisotopic (exact) mass is 573 g/mol. The predicted molar refractivity (Wildman–Crippen MR) is 136 cm³/mol. The maximum absolute atomic E-state index is 13.0. The average Bonchev–Trinajstić information content (AvgIpc) is 2.73. The summed E-state index contributed by atoms with van der Waals surface area (Å²) >= 11 is 13.2. The van der Waals surface area contributed by atoms with E-state index in [0.717, 1.165) is 15.6 Å². The lowest BCUT2D eigenvalue weighted by Gasteiger charge is -2.13. The molecule has 1 heterocycles. The van der Waals surface area contributed by atoms with Gasteiger partial charge in [0.2, 0.25) is 0 Å². The van der Waals surface area contributed by atoms with Crippen molar-refractivity contribution in [2.45, 2.75) is 20.5 Å². The number of hydrogen-bond acceptors (Lipinski definition) is 4. The van der Waals surface area contributed by atoms with Gasteiger partial charge < -0.3 is 4.74 Å². The molecule has 0 saturated heterocycles. The quantitative estimate of drug-likeness (QED) is 0.250. The highest BCUT2D eigenvalue weighted by Crippen LogP contribution is 2.32. The van der Waals surface area contributed by atoms with Gasteiger partial charge in [0, 0.05) is 15.1 Å². The maximum atomic E-state index is 13.0. The smallest absolute Gasteiger partial charge is 0.282 e. The van der Waals surface area contributed by atoms with Crippen LogP contribution in [0.15, 0.2) is 73.4 Å². The molecule has 0 unspecified atom stereocenters. The fourth-order valence-corrected chi connectivity index (χ4v) is 4.61. The SMILES string of the molecule is Cc1cccc(COc2c(Br)cc(Cl)cc2C=Nn2c(C)nc3ccc(Br)cc3c2=O)c1. The Morgan fingerprint density at radius 3 is 2.72 bits per heavy atom. The molecule has 0 bridgehead atoms. The third kappa shape index (κ3) is 4.95. The Morgan fingerprint density at radius 1 is 1.12 bits per heavy atom. The molecular weight excluding hydrogens is 558 g/mol. The lowest BCUT2D eigenvalue weighted by molar-refractivity contribution is 0.303. The molecule has 8 heteroatoms. The molecule has 4 rings (SSSR count). The van der Waals surface area contributed by atoms with E-state index in [1.807, 2.05) is 31.2 Å². The van der Waals surface area contributed by atoms with Gasteiger partial charge in [-0.15, -0.1) is 0 Å². The molecule has 5 nitrogen and oxygen atoms in total. The van der Waals surface area contributed by atoms with Crippen LogP contribution < -0.4 is 10.3 Å². The Labute approximate surface area is 207 Å². The standard InChI is InChI=1S/C24H18Br2ClN3O2/c1-14-4-3-5-16(8-14)13-32-23-17(9-19(27)11-21(23)26)12-28-30-15(2)29-22-7-6-18(25)10-20(22)24(30)31/h3-12H,13H2,1-2H3. The van der Waals surface area contributed by atoms with Crippen LogP contribution in [0.2, 0.25) is 5.02 Å². The molecule has 0 fully saturated rings. The first kappa shape index (κ1) is 22.7. The second-order valence-corrected chi connectivity index (χ2v) is 9.47. The Balaban J connectivity index is 1.72. The van der Waals surface area contributed by atoms with Crippen molar-refractivity contribution >= 4 is 60.6 Å². The molecule has 0 radical (unpaired) electrons. The Morgan fingerprint density at radius 2 is 1.94 bits per heavy atom. The minimum atomic E-state index is -0.256. The van der Waals surface area contributed by atoms with E-state index in [9.17, 15) is 4.79 Å². The zero-order chi connectivity index (χ0) is 22.8. The van der Waals surface area contributed by atoms with Crippen molar-refractivity contribution in [1.82, 2.24) is 9.66 Å². The molecule has 0 saturated carbocycles. The van der Waals surface area contributed by atoms with E-state index < -0.39 is 0 Å². The van der Waals surface area contributed by atoms with Crippen molar-refractivity contribution in [2.75, 3.05) is 0 Å². The highest BCUT2D eigenvalue weighted by Gasteiger charge is 2.12. The molecular formula is C24H18Br2ClN3O2. The fraction of sp³-hybridized carbons (Fsp3) is 0.125. The first-order valence-electron chi connectivity index (χ1n) is 9.72. The van der Waals surface area contributed by atoms with E-state index in [1.54, 1.807) is 37.4 Å². The van der Waals surface area contributed by atoms with Gasteiger partial charge in [0.25, 0.3) is 5.56 Å². The first-order valence-corrected chi connectivity index (χ1v) is 11.7. The lowest BCUT2D eigenvalue weighted by atomic mass is 10.1. The Bertz CT molecular complexity index is 1420. The number of hydrogen-bond donors (Lipinski definition) is 0. The number of nitrogens with zero attached hydrogens (tertiary/aromatic N) is 3. The first-order chi connectivity index (χ1) is 15.3. The highest BCUT2D eigenvalue weighted by atomic mass is 79.9. The van der Waals surface area contributed by atoms with Crippen molar-refractivity contribution in [3.05, 3.63) is 101 Å². The van der Waals surface area contributed by atoms with Crippen LogP contribution in [-0.4, -0.2) is 15.9 Å². The summed E-state index contributed by atoms with van der Waals surface area (Å²) in [6.45, 7) is 4.16. The summed E-state index contributed by atoms with van der Waals surface area (Å²) in [6, 6.07) is 17.0. The topological polar surface area (TPSA) is 56.5 Å². The number of benzene rings is 3. The molecule has 162 valence electrons. The van der Waals surface area contributed by atoms with E-state index in [1.165, 1.54) is 4.68 Å². The summed E-state index contributed by atoms with van der Waals surface area (Å²) in [4.78, 5) is 17.5. The zero-order valence-corrected chi connectivity index (χ0v) is 21.2. The van der Waals surface area contributed by atoms with Crippen molar-refractivity contribution in [3.63, 3.8) is 0 Å². The van der Waals surface area contributed by atoms with Crippen LogP contribution in [-0.2, 0) is 6.61 Å². The van der Waals surface area contributed by atoms with Gasteiger partial charge in [-0.1, -0.05) is 57.4 Å². The second-order valence-electron chi connectivity index (χ2n) is 7.27. The van der Waals surface area contributed by atoms with E-state index in [4.69, 9.17) is 16.3 Å². The molecule has 32 heavy (non-hydrogen) atoms. The van der Waals surface area contributed by atoms with Crippen molar-refractivity contribution in [3.8, 4) is 5.75 Å². The van der Waals surface area contributed by atoms with Gasteiger partial charge in [-0.3, -0.25) is 4.79 Å². The summed E-state index contributed by atoms with van der Waals surface area (Å²) < 4.78 is 8.86. The Hall–Kier alpha value is -2.48. The molecule has 0 aliphatic rings. The van der Waals surface area contributed by atoms with Crippen LogP contribution in [0.1, 0.15) is 22.5 Å². The summed E-state index contributed by atoms with van der Waals surface area (Å²) in [5.74, 6) is 1.06.